The van der Waals surface area contributed by atoms with Crippen LogP contribution in [0.25, 0.3) is 0 Å². The third-order valence-electron chi connectivity index (χ3n) is 12.4. The van der Waals surface area contributed by atoms with Crippen LogP contribution >= 0.6 is 7.82 Å². The molecule has 3 unspecified atom stereocenters. The molecule has 3 N–H and O–H groups in total. The maximum atomic E-state index is 12.9. The lowest BCUT2D eigenvalue weighted by atomic mass is 10.0. The van der Waals surface area contributed by atoms with Gasteiger partial charge in [0.1, 0.15) is 13.2 Å². The van der Waals surface area contributed by atoms with Gasteiger partial charge < -0.3 is 19.8 Å². The zero-order chi connectivity index (χ0) is 46.4. The van der Waals surface area contributed by atoms with Gasteiger partial charge in [0, 0.05) is 6.42 Å². The van der Waals surface area contributed by atoms with E-state index in [1.54, 1.807) is 6.08 Å². The molecule has 0 aromatic heterocycles. The topological polar surface area (TPSA) is 105 Å². The van der Waals surface area contributed by atoms with E-state index in [1.807, 2.05) is 27.2 Å². The molecule has 0 heterocycles. The molecule has 0 saturated carbocycles. The van der Waals surface area contributed by atoms with E-state index in [0.717, 1.165) is 38.5 Å². The molecule has 9 heteroatoms. The molecule has 0 radical (unpaired) electrons. The normalized spacial score (nSPS) is 14.2. The number of likely N-dealkylation sites (N-methyl/N-ethyl adjacent to an activating group) is 1. The summed E-state index contributed by atoms with van der Waals surface area (Å²) in [6, 6.07) is -0.842. The first-order chi connectivity index (χ1) is 30.5. The van der Waals surface area contributed by atoms with E-state index in [-0.39, 0.29) is 19.1 Å². The van der Waals surface area contributed by atoms with Gasteiger partial charge in [-0.1, -0.05) is 237 Å². The van der Waals surface area contributed by atoms with Crippen LogP contribution in [0.1, 0.15) is 264 Å². The highest BCUT2D eigenvalue weighted by molar-refractivity contribution is 7.47. The summed E-state index contributed by atoms with van der Waals surface area (Å²) in [7, 11) is 1.58. The van der Waals surface area contributed by atoms with Crippen molar-refractivity contribution in [3.8, 4) is 0 Å². The number of unbranched alkanes of at least 4 members (excludes halogenated alkanes) is 35. The van der Waals surface area contributed by atoms with Gasteiger partial charge >= 0.3 is 7.82 Å². The van der Waals surface area contributed by atoms with Crippen molar-refractivity contribution in [1.29, 1.82) is 0 Å². The summed E-state index contributed by atoms with van der Waals surface area (Å²) in [6.07, 6.45) is 57.1. The first-order valence-corrected chi connectivity index (χ1v) is 28.7. The fraction of sp³-hybridized carbons (Fsp3) is 0.907. The van der Waals surface area contributed by atoms with Crippen LogP contribution in [0.5, 0.6) is 0 Å². The second-order valence-corrected chi connectivity index (χ2v) is 21.4. The van der Waals surface area contributed by atoms with Crippen LogP contribution in [-0.4, -0.2) is 73.4 Å². The largest absolute Gasteiger partial charge is 0.472 e. The first-order valence-electron chi connectivity index (χ1n) is 27.2. The van der Waals surface area contributed by atoms with E-state index in [4.69, 9.17) is 9.05 Å². The van der Waals surface area contributed by atoms with Crippen molar-refractivity contribution in [1.82, 2.24) is 5.32 Å². The second kappa shape index (κ2) is 46.1. The fourth-order valence-corrected chi connectivity index (χ4v) is 8.83. The summed E-state index contributed by atoms with van der Waals surface area (Å²) < 4.78 is 23.6. The number of nitrogens with one attached hydrogen (secondary N) is 1. The summed E-state index contributed by atoms with van der Waals surface area (Å²) in [5, 5.41) is 13.8. The molecule has 0 spiro atoms. The summed E-state index contributed by atoms with van der Waals surface area (Å²) in [4.78, 5) is 23.2. The standard InChI is InChI=1S/C54H107N2O6P/c1-6-8-10-12-14-16-18-19-20-21-22-23-24-25-26-27-28-29-30-31-32-33-34-35-36-38-40-42-44-46-48-54(58)55-52(51-62-63(59,60)61-50-49-56(3,4)5)53(57)47-45-43-41-39-37-17-15-13-11-9-7-2/h25-26,45,47,52-53,57H,6-24,27-44,46,48-51H2,1-5H3,(H-,55,58,59,60)/p+1/b26-25-,47-45+. The van der Waals surface area contributed by atoms with Gasteiger partial charge in [0.25, 0.3) is 0 Å². The van der Waals surface area contributed by atoms with Crippen LogP contribution in [-0.2, 0) is 18.4 Å². The number of phosphoric ester groups is 1. The van der Waals surface area contributed by atoms with E-state index in [1.165, 1.54) is 205 Å². The number of quaternary nitrogens is 1. The number of amides is 1. The number of carbonyl (C=O) groups is 1. The summed E-state index contributed by atoms with van der Waals surface area (Å²) in [6.45, 7) is 4.82. The Morgan fingerprint density at radius 2 is 0.857 bits per heavy atom. The number of carbonyl (C=O) groups excluding carboxylic acids is 1. The number of aliphatic hydroxyl groups is 1. The van der Waals surface area contributed by atoms with Crippen molar-refractivity contribution < 1.29 is 32.9 Å². The smallest absolute Gasteiger partial charge is 0.387 e. The van der Waals surface area contributed by atoms with Gasteiger partial charge in [-0.2, -0.15) is 0 Å². The molecule has 0 fully saturated rings. The highest BCUT2D eigenvalue weighted by atomic mass is 31.2. The van der Waals surface area contributed by atoms with Gasteiger partial charge in [0.05, 0.1) is 39.9 Å². The van der Waals surface area contributed by atoms with Gasteiger partial charge in [-0.3, -0.25) is 13.8 Å². The van der Waals surface area contributed by atoms with Crippen LogP contribution in [0.3, 0.4) is 0 Å². The molecule has 0 rings (SSSR count). The van der Waals surface area contributed by atoms with E-state index >= 15 is 0 Å². The minimum atomic E-state index is -4.34. The summed E-state index contributed by atoms with van der Waals surface area (Å²) in [5.74, 6) is -0.175. The highest BCUT2D eigenvalue weighted by Crippen LogP contribution is 2.43. The predicted molar refractivity (Wildman–Crippen MR) is 272 cm³/mol. The Morgan fingerprint density at radius 3 is 1.22 bits per heavy atom. The van der Waals surface area contributed by atoms with Crippen molar-refractivity contribution in [3.05, 3.63) is 24.3 Å². The average Bonchev–Trinajstić information content (AvgIpc) is 3.24. The molecule has 0 bridgehead atoms. The zero-order valence-corrected chi connectivity index (χ0v) is 43.5. The Hall–Kier alpha value is -1.02. The van der Waals surface area contributed by atoms with Crippen molar-refractivity contribution in [2.45, 2.75) is 276 Å². The van der Waals surface area contributed by atoms with Gasteiger partial charge in [-0.25, -0.2) is 4.57 Å². The van der Waals surface area contributed by atoms with Crippen molar-refractivity contribution >= 4 is 13.7 Å². The third kappa shape index (κ3) is 48.7. The second-order valence-electron chi connectivity index (χ2n) is 20.0. The Balaban J connectivity index is 4.02. The number of hydrogen-bond donors (Lipinski definition) is 3. The van der Waals surface area contributed by atoms with Crippen LogP contribution in [0.15, 0.2) is 24.3 Å². The Labute approximate surface area is 392 Å². The monoisotopic (exact) mass is 912 g/mol. The van der Waals surface area contributed by atoms with E-state index in [0.29, 0.717) is 17.4 Å². The van der Waals surface area contributed by atoms with Crippen molar-refractivity contribution in [2.24, 2.45) is 0 Å². The zero-order valence-electron chi connectivity index (χ0n) is 42.6. The molecule has 374 valence electrons. The number of nitrogens with zero attached hydrogens (tertiary/aromatic N) is 1. The van der Waals surface area contributed by atoms with Gasteiger partial charge in [-0.15, -0.1) is 0 Å². The van der Waals surface area contributed by atoms with Crippen molar-refractivity contribution in [3.63, 3.8) is 0 Å². The number of allylic oxidation sites excluding steroid dienone is 3. The minimum absolute atomic E-state index is 0.0631. The molecule has 0 aliphatic carbocycles. The van der Waals surface area contributed by atoms with E-state index in [9.17, 15) is 19.4 Å². The predicted octanol–water partition coefficient (Wildman–Crippen LogP) is 16.0. The van der Waals surface area contributed by atoms with Crippen LogP contribution in [0.4, 0.5) is 0 Å². The number of rotatable bonds is 50. The first kappa shape index (κ1) is 62.0. The SMILES string of the molecule is CCCCCCCCCCC/C=C/C(O)C(COP(=O)(O)OCC[N+](C)(C)C)NC(=O)CCCCCCCCCCCCCCCC/C=C\CCCCCCCCCCCCCC. The molecular formula is C54H108N2O6P+. The van der Waals surface area contributed by atoms with Gasteiger partial charge in [-0.05, 0) is 44.9 Å². The number of phosphoric acid groups is 1. The quantitative estimate of drug-likeness (QED) is 0.0243. The van der Waals surface area contributed by atoms with E-state index < -0.39 is 20.0 Å². The molecule has 8 nitrogen and oxygen atoms in total. The molecule has 0 aliphatic heterocycles. The summed E-state index contributed by atoms with van der Waals surface area (Å²) in [5.41, 5.74) is 0. The molecule has 0 aromatic rings. The van der Waals surface area contributed by atoms with Crippen LogP contribution in [0.2, 0.25) is 0 Å². The van der Waals surface area contributed by atoms with Crippen LogP contribution in [0, 0.1) is 0 Å². The van der Waals surface area contributed by atoms with Crippen molar-refractivity contribution in [2.75, 3.05) is 40.9 Å². The van der Waals surface area contributed by atoms with E-state index in [2.05, 4.69) is 31.3 Å². The number of hydrogen-bond acceptors (Lipinski definition) is 5. The Kier molecular flexibility index (Phi) is 45.4. The average molecular weight is 912 g/mol. The molecule has 63 heavy (non-hydrogen) atoms. The Morgan fingerprint density at radius 1 is 0.524 bits per heavy atom. The minimum Gasteiger partial charge on any atom is -0.387 e. The lowest BCUT2D eigenvalue weighted by Gasteiger charge is -2.25. The molecule has 1 amide bonds. The fourth-order valence-electron chi connectivity index (χ4n) is 8.10. The molecule has 0 aliphatic rings. The summed E-state index contributed by atoms with van der Waals surface area (Å²) >= 11 is 0. The maximum Gasteiger partial charge on any atom is 0.472 e. The maximum absolute atomic E-state index is 12.9. The molecule has 0 saturated heterocycles. The van der Waals surface area contributed by atoms with Gasteiger partial charge in [0.15, 0.2) is 0 Å². The lowest BCUT2D eigenvalue weighted by molar-refractivity contribution is -0.870. The van der Waals surface area contributed by atoms with Crippen LogP contribution < -0.4 is 5.32 Å². The van der Waals surface area contributed by atoms with Gasteiger partial charge in [0.2, 0.25) is 5.91 Å². The molecular weight excluding hydrogens is 804 g/mol. The number of aliphatic hydroxyl groups excluding tert-OH is 1. The lowest BCUT2D eigenvalue weighted by Crippen LogP contribution is -2.45. The Bertz CT molecular complexity index is 1080. The third-order valence-corrected chi connectivity index (χ3v) is 13.4. The molecule has 0 aromatic carbocycles. The molecule has 3 atom stereocenters. The highest BCUT2D eigenvalue weighted by Gasteiger charge is 2.27.